The van der Waals surface area contributed by atoms with E-state index >= 15 is 0 Å². The van der Waals surface area contributed by atoms with Crippen LogP contribution in [0.5, 0.6) is 0 Å². The van der Waals surface area contributed by atoms with Gasteiger partial charge in [0.05, 0.1) is 16.3 Å². The van der Waals surface area contributed by atoms with Crippen LogP contribution in [0.2, 0.25) is 5.02 Å². The topological polar surface area (TPSA) is 92.3 Å². The van der Waals surface area contributed by atoms with Gasteiger partial charge in [-0.25, -0.2) is 8.42 Å². The van der Waals surface area contributed by atoms with Crippen molar-refractivity contribution in [2.45, 2.75) is 25.9 Å². The van der Waals surface area contributed by atoms with E-state index in [2.05, 4.69) is 10.6 Å². The molecule has 2 aromatic carbocycles. The number of carbonyl (C=O) groups excluding carboxylic acids is 2. The first-order valence-corrected chi connectivity index (χ1v) is 11.2. The smallest absolute Gasteiger partial charge is 0.253 e. The third kappa shape index (κ3) is 6.65. The van der Waals surface area contributed by atoms with Gasteiger partial charge in [-0.2, -0.15) is 0 Å². The lowest BCUT2D eigenvalue weighted by Gasteiger charge is -2.19. The molecule has 6 nitrogen and oxygen atoms in total. The van der Waals surface area contributed by atoms with Crippen molar-refractivity contribution >= 4 is 33.3 Å². The van der Waals surface area contributed by atoms with Crippen LogP contribution in [0.1, 0.15) is 27.9 Å². The molecule has 2 amide bonds. The number of carbonyl (C=O) groups is 2. The van der Waals surface area contributed by atoms with E-state index in [9.17, 15) is 18.0 Å². The highest BCUT2D eigenvalue weighted by molar-refractivity contribution is 7.90. The van der Waals surface area contributed by atoms with Crippen molar-refractivity contribution in [1.82, 2.24) is 10.6 Å². The largest absolute Gasteiger partial charge is 0.350 e. The number of hydrogen-bond acceptors (Lipinski definition) is 4. The minimum Gasteiger partial charge on any atom is -0.350 e. The van der Waals surface area contributed by atoms with Crippen molar-refractivity contribution in [3.05, 3.63) is 70.2 Å². The first-order valence-electron chi connectivity index (χ1n) is 8.72. The van der Waals surface area contributed by atoms with E-state index in [0.717, 1.165) is 17.4 Å². The van der Waals surface area contributed by atoms with Crippen LogP contribution in [0, 0.1) is 6.92 Å². The second-order valence-electron chi connectivity index (χ2n) is 6.57. The van der Waals surface area contributed by atoms with E-state index in [0.29, 0.717) is 0 Å². The van der Waals surface area contributed by atoms with Gasteiger partial charge in [0.1, 0.15) is 15.9 Å². The van der Waals surface area contributed by atoms with Crippen LogP contribution in [-0.4, -0.2) is 38.3 Å². The van der Waals surface area contributed by atoms with Crippen molar-refractivity contribution < 1.29 is 18.0 Å². The molecular formula is C20H23ClN2O4S. The molecule has 0 heterocycles. The third-order valence-corrected chi connectivity index (χ3v) is 5.54. The molecule has 2 N–H and O–H groups in total. The van der Waals surface area contributed by atoms with E-state index in [4.69, 9.17) is 11.6 Å². The molecule has 0 bridgehead atoms. The highest BCUT2D eigenvalue weighted by atomic mass is 35.5. The maximum Gasteiger partial charge on any atom is 0.253 e. The SMILES string of the molecule is Cc1ccccc1CNC(=O)[C@H](CCS(C)(=O)=O)NC(=O)c1ccccc1Cl. The summed E-state index contributed by atoms with van der Waals surface area (Å²) >= 11 is 6.03. The molecule has 0 aliphatic rings. The lowest BCUT2D eigenvalue weighted by molar-refractivity contribution is -0.123. The first kappa shape index (κ1) is 21.9. The summed E-state index contributed by atoms with van der Waals surface area (Å²) in [5.74, 6) is -1.21. The molecule has 150 valence electrons. The standard InChI is InChI=1S/C20H23ClN2O4S/c1-14-7-3-4-8-15(14)13-22-20(25)18(11-12-28(2,26)27)23-19(24)16-9-5-6-10-17(16)21/h3-10,18H,11-13H2,1-2H3,(H,22,25)(H,23,24)/t18-/m0/s1. The van der Waals surface area contributed by atoms with Crippen LogP contribution in [0.25, 0.3) is 0 Å². The predicted octanol–water partition coefficient (Wildman–Crippen LogP) is 2.50. The Hall–Kier alpha value is -2.38. The van der Waals surface area contributed by atoms with E-state index in [1.54, 1.807) is 18.2 Å². The normalized spacial score (nSPS) is 12.2. The Kier molecular flexibility index (Phi) is 7.60. The van der Waals surface area contributed by atoms with Gasteiger partial charge < -0.3 is 10.6 Å². The van der Waals surface area contributed by atoms with Crippen LogP contribution >= 0.6 is 11.6 Å². The van der Waals surface area contributed by atoms with Crippen LogP contribution in [0.15, 0.2) is 48.5 Å². The second-order valence-corrected chi connectivity index (χ2v) is 9.24. The molecule has 0 saturated heterocycles. The van der Waals surface area contributed by atoms with Gasteiger partial charge in [-0.15, -0.1) is 0 Å². The average Bonchev–Trinajstić information content (AvgIpc) is 2.63. The molecule has 0 unspecified atom stereocenters. The first-order chi connectivity index (χ1) is 13.2. The van der Waals surface area contributed by atoms with E-state index < -0.39 is 27.7 Å². The van der Waals surface area contributed by atoms with Gasteiger partial charge in [-0.3, -0.25) is 9.59 Å². The molecular weight excluding hydrogens is 400 g/mol. The van der Waals surface area contributed by atoms with Gasteiger partial charge in [-0.05, 0) is 36.6 Å². The summed E-state index contributed by atoms with van der Waals surface area (Å²) in [5, 5.41) is 5.62. The molecule has 8 heteroatoms. The zero-order valence-electron chi connectivity index (χ0n) is 15.7. The summed E-state index contributed by atoms with van der Waals surface area (Å²) in [6.45, 7) is 2.21. The lowest BCUT2D eigenvalue weighted by Crippen LogP contribution is -2.47. The van der Waals surface area contributed by atoms with Gasteiger partial charge in [-0.1, -0.05) is 48.0 Å². The van der Waals surface area contributed by atoms with Crippen LogP contribution < -0.4 is 10.6 Å². The van der Waals surface area contributed by atoms with E-state index in [-0.39, 0.29) is 29.3 Å². The monoisotopic (exact) mass is 422 g/mol. The minimum atomic E-state index is -3.29. The fraction of sp³-hybridized carbons (Fsp3) is 0.300. The molecule has 2 rings (SSSR count). The van der Waals surface area contributed by atoms with Gasteiger partial charge in [0.15, 0.2) is 0 Å². The number of sulfone groups is 1. The molecule has 28 heavy (non-hydrogen) atoms. The second kappa shape index (κ2) is 9.71. The van der Waals surface area contributed by atoms with Crippen molar-refractivity contribution in [3.63, 3.8) is 0 Å². The third-order valence-electron chi connectivity index (χ3n) is 4.23. The fourth-order valence-electron chi connectivity index (χ4n) is 2.60. The molecule has 1 atom stereocenters. The number of nitrogens with one attached hydrogen (secondary N) is 2. The zero-order chi connectivity index (χ0) is 20.7. The predicted molar refractivity (Wildman–Crippen MR) is 110 cm³/mol. The summed E-state index contributed by atoms with van der Waals surface area (Å²) in [5.41, 5.74) is 2.19. The number of hydrogen-bond donors (Lipinski definition) is 2. The number of rotatable bonds is 8. The van der Waals surface area contributed by atoms with Gasteiger partial charge >= 0.3 is 0 Å². The van der Waals surface area contributed by atoms with Crippen LogP contribution in [0.3, 0.4) is 0 Å². The molecule has 0 aromatic heterocycles. The zero-order valence-corrected chi connectivity index (χ0v) is 17.3. The Bertz CT molecular complexity index is 960. The van der Waals surface area contributed by atoms with Gasteiger partial charge in [0, 0.05) is 12.8 Å². The summed E-state index contributed by atoms with van der Waals surface area (Å²) < 4.78 is 23.1. The Morgan fingerprint density at radius 1 is 1.07 bits per heavy atom. The summed E-state index contributed by atoms with van der Waals surface area (Å²) in [6, 6.07) is 13.1. The number of amides is 2. The Morgan fingerprint density at radius 3 is 2.36 bits per heavy atom. The molecule has 0 fully saturated rings. The molecule has 0 saturated carbocycles. The molecule has 0 aliphatic heterocycles. The number of benzene rings is 2. The summed E-state index contributed by atoms with van der Waals surface area (Å²) in [7, 11) is -3.29. The summed E-state index contributed by atoms with van der Waals surface area (Å²) in [4.78, 5) is 25.2. The Labute approximate surface area is 170 Å². The Balaban J connectivity index is 2.11. The van der Waals surface area contributed by atoms with Crippen molar-refractivity contribution in [2.75, 3.05) is 12.0 Å². The van der Waals surface area contributed by atoms with Crippen LogP contribution in [0.4, 0.5) is 0 Å². The molecule has 2 aromatic rings. The number of aryl methyl sites for hydroxylation is 1. The minimum absolute atomic E-state index is 0.0331. The maximum absolute atomic E-state index is 12.6. The molecule has 0 aliphatic carbocycles. The van der Waals surface area contributed by atoms with E-state index in [1.807, 2.05) is 31.2 Å². The van der Waals surface area contributed by atoms with Crippen molar-refractivity contribution in [1.29, 1.82) is 0 Å². The van der Waals surface area contributed by atoms with Gasteiger partial charge in [0.2, 0.25) is 5.91 Å². The summed E-state index contributed by atoms with van der Waals surface area (Å²) in [6.07, 6.45) is 1.06. The fourth-order valence-corrected chi connectivity index (χ4v) is 3.48. The molecule has 0 spiro atoms. The maximum atomic E-state index is 12.6. The van der Waals surface area contributed by atoms with E-state index in [1.165, 1.54) is 6.07 Å². The highest BCUT2D eigenvalue weighted by Gasteiger charge is 2.23. The van der Waals surface area contributed by atoms with Crippen LogP contribution in [-0.2, 0) is 21.2 Å². The quantitative estimate of drug-likeness (QED) is 0.683. The van der Waals surface area contributed by atoms with Gasteiger partial charge in [0.25, 0.3) is 5.91 Å². The van der Waals surface area contributed by atoms with Crippen molar-refractivity contribution in [3.8, 4) is 0 Å². The molecule has 0 radical (unpaired) electrons. The highest BCUT2D eigenvalue weighted by Crippen LogP contribution is 2.15. The number of halogens is 1. The lowest BCUT2D eigenvalue weighted by atomic mass is 10.1. The Morgan fingerprint density at radius 2 is 1.71 bits per heavy atom. The van der Waals surface area contributed by atoms with Crippen molar-refractivity contribution in [2.24, 2.45) is 0 Å². The average molecular weight is 423 g/mol.